The SMILES string of the molecule is CCCC(O)CNC(=O)NCC1(c2cccc(F)c2)CCOCC1. The quantitative estimate of drug-likeness (QED) is 0.715. The summed E-state index contributed by atoms with van der Waals surface area (Å²) in [6.45, 7) is 3.81. The standard InChI is InChI=1S/C18H27FN2O3/c1-2-4-16(22)12-20-17(23)21-13-18(7-9-24-10-8-18)14-5-3-6-15(19)11-14/h3,5-6,11,16,22H,2,4,7-10,12-13H2,1H3,(H2,20,21,23). The van der Waals surface area contributed by atoms with E-state index >= 15 is 0 Å². The lowest BCUT2D eigenvalue weighted by Crippen LogP contribution is -2.48. The molecule has 134 valence electrons. The van der Waals surface area contributed by atoms with Gasteiger partial charge in [0, 0.05) is 31.7 Å². The maximum Gasteiger partial charge on any atom is 0.314 e. The average Bonchev–Trinajstić information content (AvgIpc) is 2.59. The first-order valence-electron chi connectivity index (χ1n) is 8.59. The molecular formula is C18H27FN2O3. The van der Waals surface area contributed by atoms with Crippen molar-refractivity contribution in [3.8, 4) is 0 Å². The van der Waals surface area contributed by atoms with Crippen molar-refractivity contribution in [2.75, 3.05) is 26.3 Å². The van der Waals surface area contributed by atoms with Crippen LogP contribution in [0.1, 0.15) is 38.2 Å². The molecule has 1 fully saturated rings. The van der Waals surface area contributed by atoms with Gasteiger partial charge in [0.15, 0.2) is 0 Å². The van der Waals surface area contributed by atoms with Gasteiger partial charge >= 0.3 is 6.03 Å². The highest BCUT2D eigenvalue weighted by molar-refractivity contribution is 5.74. The second-order valence-electron chi connectivity index (χ2n) is 6.41. The minimum Gasteiger partial charge on any atom is -0.391 e. The largest absolute Gasteiger partial charge is 0.391 e. The number of aliphatic hydroxyl groups excluding tert-OH is 1. The molecule has 0 radical (unpaired) electrons. The number of amides is 2. The average molecular weight is 338 g/mol. The summed E-state index contributed by atoms with van der Waals surface area (Å²) in [6, 6.07) is 6.25. The first-order valence-corrected chi connectivity index (χ1v) is 8.59. The molecule has 6 heteroatoms. The predicted molar refractivity (Wildman–Crippen MR) is 90.4 cm³/mol. The van der Waals surface area contributed by atoms with Crippen molar-refractivity contribution < 1.29 is 19.0 Å². The summed E-state index contributed by atoms with van der Waals surface area (Å²) < 4.78 is 19.0. The maximum atomic E-state index is 13.6. The van der Waals surface area contributed by atoms with E-state index < -0.39 is 6.10 Å². The number of rotatable bonds is 7. The summed E-state index contributed by atoms with van der Waals surface area (Å²) in [4.78, 5) is 12.0. The number of carbonyl (C=O) groups is 1. The van der Waals surface area contributed by atoms with Crippen LogP contribution in [0, 0.1) is 5.82 Å². The Morgan fingerprint density at radius 2 is 2.12 bits per heavy atom. The van der Waals surface area contributed by atoms with E-state index in [9.17, 15) is 14.3 Å². The van der Waals surface area contributed by atoms with Gasteiger partial charge in [0.25, 0.3) is 0 Å². The molecule has 1 heterocycles. The van der Waals surface area contributed by atoms with E-state index in [1.165, 1.54) is 12.1 Å². The van der Waals surface area contributed by atoms with Crippen molar-refractivity contribution >= 4 is 6.03 Å². The van der Waals surface area contributed by atoms with Crippen LogP contribution in [0.25, 0.3) is 0 Å². The van der Waals surface area contributed by atoms with Crippen molar-refractivity contribution in [3.63, 3.8) is 0 Å². The Labute approximate surface area is 142 Å². The van der Waals surface area contributed by atoms with Gasteiger partial charge in [-0.15, -0.1) is 0 Å². The van der Waals surface area contributed by atoms with E-state index in [0.29, 0.717) is 26.2 Å². The van der Waals surface area contributed by atoms with E-state index in [2.05, 4.69) is 10.6 Å². The number of aliphatic hydroxyl groups is 1. The molecule has 1 saturated heterocycles. The number of hydrogen-bond donors (Lipinski definition) is 3. The van der Waals surface area contributed by atoms with E-state index in [1.54, 1.807) is 6.07 Å². The number of urea groups is 1. The van der Waals surface area contributed by atoms with Crippen LogP contribution in [0.15, 0.2) is 24.3 Å². The molecule has 0 spiro atoms. The Hall–Kier alpha value is -1.66. The van der Waals surface area contributed by atoms with E-state index in [4.69, 9.17) is 4.74 Å². The normalized spacial score (nSPS) is 18.0. The Morgan fingerprint density at radius 1 is 1.38 bits per heavy atom. The zero-order valence-corrected chi connectivity index (χ0v) is 14.2. The number of carbonyl (C=O) groups excluding carboxylic acids is 1. The molecule has 0 aromatic heterocycles. The minimum atomic E-state index is -0.527. The van der Waals surface area contributed by atoms with Gasteiger partial charge in [0.05, 0.1) is 6.10 Å². The molecule has 0 saturated carbocycles. The Balaban J connectivity index is 1.96. The third-order valence-electron chi connectivity index (χ3n) is 4.59. The van der Waals surface area contributed by atoms with Gasteiger partial charge in [-0.2, -0.15) is 0 Å². The number of ether oxygens (including phenoxy) is 1. The fraction of sp³-hybridized carbons (Fsp3) is 0.611. The van der Waals surface area contributed by atoms with Crippen molar-refractivity contribution in [1.29, 1.82) is 0 Å². The highest BCUT2D eigenvalue weighted by Gasteiger charge is 2.35. The van der Waals surface area contributed by atoms with E-state index in [1.807, 2.05) is 13.0 Å². The van der Waals surface area contributed by atoms with Crippen LogP contribution in [0.2, 0.25) is 0 Å². The topological polar surface area (TPSA) is 70.6 Å². The van der Waals surface area contributed by atoms with Gasteiger partial charge in [0.1, 0.15) is 5.82 Å². The van der Waals surface area contributed by atoms with Crippen molar-refractivity contribution in [2.24, 2.45) is 0 Å². The molecule has 2 rings (SSSR count). The van der Waals surface area contributed by atoms with Gasteiger partial charge < -0.3 is 20.5 Å². The fourth-order valence-electron chi connectivity index (χ4n) is 3.11. The van der Waals surface area contributed by atoms with Gasteiger partial charge in [-0.3, -0.25) is 0 Å². The van der Waals surface area contributed by atoms with Crippen LogP contribution in [0.3, 0.4) is 0 Å². The molecule has 1 aromatic carbocycles. The Kier molecular flexibility index (Phi) is 6.99. The second kappa shape index (κ2) is 8.99. The van der Waals surface area contributed by atoms with E-state index in [0.717, 1.165) is 24.8 Å². The molecule has 1 atom stereocenters. The van der Waals surface area contributed by atoms with Crippen molar-refractivity contribution in [2.45, 2.75) is 44.1 Å². The molecule has 1 aliphatic heterocycles. The summed E-state index contributed by atoms with van der Waals surface area (Å²) in [5.74, 6) is -0.273. The first-order chi connectivity index (χ1) is 11.6. The molecule has 2 amide bonds. The molecule has 0 aliphatic carbocycles. The zero-order chi connectivity index (χ0) is 17.4. The highest BCUT2D eigenvalue weighted by atomic mass is 19.1. The third kappa shape index (κ3) is 5.18. The molecule has 0 bridgehead atoms. The molecule has 1 aromatic rings. The lowest BCUT2D eigenvalue weighted by Gasteiger charge is -2.38. The Bertz CT molecular complexity index is 533. The second-order valence-corrected chi connectivity index (χ2v) is 6.41. The third-order valence-corrected chi connectivity index (χ3v) is 4.59. The predicted octanol–water partition coefficient (Wildman–Crippen LogP) is 2.33. The molecule has 24 heavy (non-hydrogen) atoms. The van der Waals surface area contributed by atoms with Crippen molar-refractivity contribution in [3.05, 3.63) is 35.6 Å². The van der Waals surface area contributed by atoms with Crippen molar-refractivity contribution in [1.82, 2.24) is 10.6 Å². The summed E-state index contributed by atoms with van der Waals surface area (Å²) in [5.41, 5.74) is 0.567. The van der Waals surface area contributed by atoms with Crippen LogP contribution >= 0.6 is 0 Å². The molecule has 5 nitrogen and oxygen atoms in total. The summed E-state index contributed by atoms with van der Waals surface area (Å²) in [6.07, 6.45) is 2.46. The van der Waals surface area contributed by atoms with E-state index in [-0.39, 0.29) is 23.8 Å². The number of hydrogen-bond acceptors (Lipinski definition) is 3. The summed E-state index contributed by atoms with van der Waals surface area (Å²) >= 11 is 0. The maximum absolute atomic E-state index is 13.6. The summed E-state index contributed by atoms with van der Waals surface area (Å²) in [7, 11) is 0. The molecule has 1 unspecified atom stereocenters. The molecule has 1 aliphatic rings. The monoisotopic (exact) mass is 338 g/mol. The minimum absolute atomic E-state index is 0.232. The van der Waals surface area contributed by atoms with Crippen LogP contribution in [-0.4, -0.2) is 43.5 Å². The van der Waals surface area contributed by atoms with Crippen LogP contribution in [-0.2, 0) is 10.2 Å². The van der Waals surface area contributed by atoms with Gasteiger partial charge in [-0.05, 0) is 37.0 Å². The highest BCUT2D eigenvalue weighted by Crippen LogP contribution is 2.34. The number of halogens is 1. The molecule has 3 N–H and O–H groups in total. The smallest absolute Gasteiger partial charge is 0.314 e. The van der Waals surface area contributed by atoms with Gasteiger partial charge in [-0.25, -0.2) is 9.18 Å². The zero-order valence-electron chi connectivity index (χ0n) is 14.2. The Morgan fingerprint density at radius 3 is 2.79 bits per heavy atom. The van der Waals surface area contributed by atoms with Crippen LogP contribution in [0.4, 0.5) is 9.18 Å². The molecular weight excluding hydrogens is 311 g/mol. The first kappa shape index (κ1) is 18.7. The van der Waals surface area contributed by atoms with Crippen LogP contribution in [0.5, 0.6) is 0 Å². The number of nitrogens with one attached hydrogen (secondary N) is 2. The van der Waals surface area contributed by atoms with Gasteiger partial charge in [-0.1, -0.05) is 25.5 Å². The lowest BCUT2D eigenvalue weighted by atomic mass is 9.74. The number of benzene rings is 1. The fourth-order valence-corrected chi connectivity index (χ4v) is 3.11. The van der Waals surface area contributed by atoms with Crippen LogP contribution < -0.4 is 10.6 Å². The lowest BCUT2D eigenvalue weighted by molar-refractivity contribution is 0.0505. The van der Waals surface area contributed by atoms with Gasteiger partial charge in [0.2, 0.25) is 0 Å². The summed E-state index contributed by atoms with van der Waals surface area (Å²) in [5, 5.41) is 15.2.